The van der Waals surface area contributed by atoms with E-state index in [9.17, 15) is 9.59 Å². The number of thiocarbonyl (C=S) groups is 1. The average molecular weight is 436 g/mol. The molecule has 0 saturated carbocycles. The molecule has 2 aromatic rings. The topological polar surface area (TPSA) is 79.5 Å². The van der Waals surface area contributed by atoms with Gasteiger partial charge in [-0.05, 0) is 64.5 Å². The van der Waals surface area contributed by atoms with Crippen LogP contribution in [0, 0.1) is 0 Å². The lowest BCUT2D eigenvalue weighted by Crippen LogP contribution is -2.34. The normalized spacial score (nSPS) is 9.96. The predicted octanol–water partition coefficient (Wildman–Crippen LogP) is 3.93. The van der Waals surface area contributed by atoms with Crippen LogP contribution in [0.3, 0.4) is 0 Å². The number of rotatable bonds is 5. The van der Waals surface area contributed by atoms with Crippen LogP contribution in [-0.4, -0.2) is 24.0 Å². The van der Waals surface area contributed by atoms with Gasteiger partial charge in [0.15, 0.2) is 5.11 Å². The zero-order chi connectivity index (χ0) is 19.1. The second-order valence-corrected chi connectivity index (χ2v) is 6.50. The average Bonchev–Trinajstić information content (AvgIpc) is 2.61. The van der Waals surface area contributed by atoms with Gasteiger partial charge in [-0.15, -0.1) is 0 Å². The molecule has 0 unspecified atom stereocenters. The number of halogens is 1. The Morgan fingerprint density at radius 1 is 1.12 bits per heavy atom. The zero-order valence-electron chi connectivity index (χ0n) is 14.3. The number of carbonyl (C=O) groups excluding carboxylic acids is 2. The maximum absolute atomic E-state index is 12.3. The van der Waals surface area contributed by atoms with E-state index >= 15 is 0 Å². The number of carbonyl (C=O) groups is 2. The summed E-state index contributed by atoms with van der Waals surface area (Å²) < 4.78 is 5.81. The summed E-state index contributed by atoms with van der Waals surface area (Å²) in [4.78, 5) is 23.8. The Morgan fingerprint density at radius 2 is 1.81 bits per heavy atom. The van der Waals surface area contributed by atoms with Gasteiger partial charge in [0.1, 0.15) is 5.75 Å². The summed E-state index contributed by atoms with van der Waals surface area (Å²) in [5, 5.41) is 8.45. The first-order chi connectivity index (χ1) is 12.4. The van der Waals surface area contributed by atoms with Crippen molar-refractivity contribution in [3.8, 4) is 5.75 Å². The summed E-state index contributed by atoms with van der Waals surface area (Å²) in [5.74, 6) is 0.206. The minimum atomic E-state index is -0.346. The standard InChI is InChI=1S/C18H18BrN3O3S/c1-3-16(23)20-12-5-4-6-13(10-12)21-18(26)22-17(24)11-7-8-15(25-2)14(19)9-11/h4-10H,3H2,1-2H3,(H,20,23)(H2,21,22,24,26). The van der Waals surface area contributed by atoms with Crippen LogP contribution in [0.2, 0.25) is 0 Å². The third-order valence-corrected chi connectivity index (χ3v) is 4.19. The monoisotopic (exact) mass is 435 g/mol. The molecule has 3 N–H and O–H groups in total. The molecule has 0 heterocycles. The van der Waals surface area contributed by atoms with Gasteiger partial charge in [0.25, 0.3) is 5.91 Å². The quantitative estimate of drug-likeness (QED) is 0.619. The lowest BCUT2D eigenvalue weighted by atomic mass is 10.2. The molecule has 2 amide bonds. The fourth-order valence-corrected chi connectivity index (χ4v) is 2.82. The highest BCUT2D eigenvalue weighted by molar-refractivity contribution is 9.10. The third-order valence-electron chi connectivity index (χ3n) is 3.37. The molecule has 136 valence electrons. The molecule has 2 rings (SSSR count). The van der Waals surface area contributed by atoms with E-state index in [-0.39, 0.29) is 16.9 Å². The summed E-state index contributed by atoms with van der Waals surface area (Å²) in [6.07, 6.45) is 0.392. The van der Waals surface area contributed by atoms with Crippen molar-refractivity contribution in [1.29, 1.82) is 0 Å². The first kappa shape index (κ1) is 19.9. The van der Waals surface area contributed by atoms with E-state index in [4.69, 9.17) is 17.0 Å². The molecule has 0 fully saturated rings. The molecule has 0 aliphatic rings. The Hall–Kier alpha value is -2.45. The van der Waals surface area contributed by atoms with Gasteiger partial charge in [-0.3, -0.25) is 14.9 Å². The van der Waals surface area contributed by atoms with Gasteiger partial charge in [0, 0.05) is 23.4 Å². The van der Waals surface area contributed by atoms with Crippen molar-refractivity contribution in [3.05, 3.63) is 52.5 Å². The van der Waals surface area contributed by atoms with Crippen molar-refractivity contribution in [2.75, 3.05) is 17.7 Å². The summed E-state index contributed by atoms with van der Waals surface area (Å²) in [7, 11) is 1.55. The van der Waals surface area contributed by atoms with Crippen LogP contribution < -0.4 is 20.7 Å². The number of benzene rings is 2. The van der Waals surface area contributed by atoms with Crippen LogP contribution >= 0.6 is 28.1 Å². The summed E-state index contributed by atoms with van der Waals surface area (Å²) in [6, 6.07) is 12.0. The molecule has 0 aliphatic heterocycles. The number of methoxy groups -OCH3 is 1. The van der Waals surface area contributed by atoms with Gasteiger partial charge in [0.05, 0.1) is 11.6 Å². The van der Waals surface area contributed by atoms with E-state index in [0.29, 0.717) is 33.6 Å². The highest BCUT2D eigenvalue weighted by Gasteiger charge is 2.11. The molecule has 0 atom stereocenters. The molecule has 26 heavy (non-hydrogen) atoms. The maximum Gasteiger partial charge on any atom is 0.257 e. The summed E-state index contributed by atoms with van der Waals surface area (Å²) >= 11 is 8.52. The lowest BCUT2D eigenvalue weighted by Gasteiger charge is -2.12. The van der Waals surface area contributed by atoms with Gasteiger partial charge < -0.3 is 15.4 Å². The molecular weight excluding hydrogens is 418 g/mol. The van der Waals surface area contributed by atoms with Gasteiger partial charge in [-0.2, -0.15) is 0 Å². The predicted molar refractivity (Wildman–Crippen MR) is 110 cm³/mol. The van der Waals surface area contributed by atoms with Crippen molar-refractivity contribution in [2.45, 2.75) is 13.3 Å². The number of hydrogen-bond acceptors (Lipinski definition) is 4. The van der Waals surface area contributed by atoms with Gasteiger partial charge in [-0.1, -0.05) is 13.0 Å². The van der Waals surface area contributed by atoms with Crippen LogP contribution in [0.5, 0.6) is 5.75 Å². The van der Waals surface area contributed by atoms with Gasteiger partial charge in [-0.25, -0.2) is 0 Å². The summed E-state index contributed by atoms with van der Waals surface area (Å²) in [5.41, 5.74) is 1.74. The minimum absolute atomic E-state index is 0.0805. The molecule has 0 spiro atoms. The highest BCUT2D eigenvalue weighted by atomic mass is 79.9. The number of ether oxygens (including phenoxy) is 1. The van der Waals surface area contributed by atoms with Gasteiger partial charge in [0.2, 0.25) is 5.91 Å². The zero-order valence-corrected chi connectivity index (χ0v) is 16.7. The Kier molecular flexibility index (Phi) is 7.11. The molecule has 0 radical (unpaired) electrons. The van der Waals surface area contributed by atoms with E-state index in [2.05, 4.69) is 31.9 Å². The second kappa shape index (κ2) is 9.30. The number of amides is 2. The minimum Gasteiger partial charge on any atom is -0.496 e. The molecular formula is C18H18BrN3O3S. The number of anilines is 2. The van der Waals surface area contributed by atoms with E-state index < -0.39 is 0 Å². The van der Waals surface area contributed by atoms with E-state index in [0.717, 1.165) is 0 Å². The van der Waals surface area contributed by atoms with Crippen molar-refractivity contribution in [3.63, 3.8) is 0 Å². The largest absolute Gasteiger partial charge is 0.496 e. The Labute approximate surface area is 165 Å². The first-order valence-electron chi connectivity index (χ1n) is 7.78. The summed E-state index contributed by atoms with van der Waals surface area (Å²) in [6.45, 7) is 1.78. The Morgan fingerprint density at radius 3 is 2.42 bits per heavy atom. The van der Waals surface area contributed by atoms with Crippen LogP contribution in [0.15, 0.2) is 46.9 Å². The van der Waals surface area contributed by atoms with E-state index in [1.54, 1.807) is 56.5 Å². The molecule has 0 bridgehead atoms. The lowest BCUT2D eigenvalue weighted by molar-refractivity contribution is -0.115. The second-order valence-electron chi connectivity index (χ2n) is 5.24. The first-order valence-corrected chi connectivity index (χ1v) is 8.99. The molecule has 6 nitrogen and oxygen atoms in total. The van der Waals surface area contributed by atoms with Crippen LogP contribution in [-0.2, 0) is 4.79 Å². The van der Waals surface area contributed by atoms with Crippen LogP contribution in [0.25, 0.3) is 0 Å². The van der Waals surface area contributed by atoms with Gasteiger partial charge >= 0.3 is 0 Å². The van der Waals surface area contributed by atoms with Crippen molar-refractivity contribution >= 4 is 56.4 Å². The molecule has 2 aromatic carbocycles. The number of nitrogens with one attached hydrogen (secondary N) is 3. The van der Waals surface area contributed by atoms with Crippen LogP contribution in [0.1, 0.15) is 23.7 Å². The fraction of sp³-hybridized carbons (Fsp3) is 0.167. The number of hydrogen-bond donors (Lipinski definition) is 3. The Balaban J connectivity index is 2.00. The maximum atomic E-state index is 12.3. The Bertz CT molecular complexity index is 842. The fourth-order valence-electron chi connectivity index (χ4n) is 2.07. The van der Waals surface area contributed by atoms with E-state index in [1.807, 2.05) is 0 Å². The smallest absolute Gasteiger partial charge is 0.257 e. The molecule has 0 saturated heterocycles. The van der Waals surface area contributed by atoms with Crippen molar-refractivity contribution in [1.82, 2.24) is 5.32 Å². The van der Waals surface area contributed by atoms with Crippen LogP contribution in [0.4, 0.5) is 11.4 Å². The van der Waals surface area contributed by atoms with Crippen molar-refractivity contribution < 1.29 is 14.3 Å². The SMILES string of the molecule is CCC(=O)Nc1cccc(NC(=S)NC(=O)c2ccc(OC)c(Br)c2)c1. The van der Waals surface area contributed by atoms with Crippen molar-refractivity contribution in [2.24, 2.45) is 0 Å². The van der Waals surface area contributed by atoms with E-state index in [1.165, 1.54) is 0 Å². The molecule has 8 heteroatoms. The molecule has 0 aromatic heterocycles. The highest BCUT2D eigenvalue weighted by Crippen LogP contribution is 2.25. The third kappa shape index (κ3) is 5.53. The molecule has 0 aliphatic carbocycles.